The van der Waals surface area contributed by atoms with Gasteiger partial charge in [0, 0.05) is 51.2 Å². The fraction of sp³-hybridized carbons (Fsp3) is 0.579. The van der Waals surface area contributed by atoms with E-state index in [1.54, 1.807) is 7.05 Å². The molecule has 156 valence electrons. The predicted molar refractivity (Wildman–Crippen MR) is 114 cm³/mol. The molecule has 1 aliphatic rings. The Labute approximate surface area is 167 Å². The second kappa shape index (κ2) is 10.3. The Morgan fingerprint density at radius 1 is 1.18 bits per heavy atom. The molecule has 0 radical (unpaired) electrons. The molecule has 1 aromatic rings. The molecule has 0 spiro atoms. The van der Waals surface area contributed by atoms with Gasteiger partial charge in [0.25, 0.3) is 0 Å². The van der Waals surface area contributed by atoms with Crippen LogP contribution in [0.2, 0.25) is 0 Å². The largest absolute Gasteiger partial charge is 0.368 e. The van der Waals surface area contributed by atoms with Crippen molar-refractivity contribution >= 4 is 27.4 Å². The molecular formula is C19H31N5O3S. The first-order chi connectivity index (χ1) is 13.3. The van der Waals surface area contributed by atoms with Gasteiger partial charge in [0.2, 0.25) is 5.91 Å². The summed E-state index contributed by atoms with van der Waals surface area (Å²) < 4.78 is 22.5. The van der Waals surface area contributed by atoms with E-state index >= 15 is 0 Å². The average molecular weight is 410 g/mol. The van der Waals surface area contributed by atoms with Crippen molar-refractivity contribution in [2.24, 2.45) is 4.99 Å². The molecule has 1 heterocycles. The fourth-order valence-corrected chi connectivity index (χ4v) is 3.80. The number of rotatable bonds is 7. The monoisotopic (exact) mass is 409 g/mol. The molecule has 28 heavy (non-hydrogen) atoms. The molecule has 1 fully saturated rings. The quantitative estimate of drug-likeness (QED) is 0.498. The number of amides is 1. The van der Waals surface area contributed by atoms with Crippen molar-refractivity contribution in [2.75, 3.05) is 56.7 Å². The van der Waals surface area contributed by atoms with Gasteiger partial charge in [-0.05, 0) is 25.5 Å². The van der Waals surface area contributed by atoms with Crippen LogP contribution in [0.25, 0.3) is 0 Å². The molecule has 1 saturated heterocycles. The summed E-state index contributed by atoms with van der Waals surface area (Å²) in [6.45, 7) is 5.04. The number of sulfone groups is 1. The number of nitrogens with zero attached hydrogens (tertiary/aromatic N) is 3. The van der Waals surface area contributed by atoms with E-state index in [4.69, 9.17) is 0 Å². The van der Waals surface area contributed by atoms with E-state index in [2.05, 4.69) is 32.7 Å². The molecule has 1 aliphatic heterocycles. The third-order valence-electron chi connectivity index (χ3n) is 4.69. The number of hydrogen-bond acceptors (Lipinski definition) is 5. The molecular weight excluding hydrogens is 378 g/mol. The van der Waals surface area contributed by atoms with E-state index in [0.717, 1.165) is 13.1 Å². The molecule has 1 unspecified atom stereocenters. The van der Waals surface area contributed by atoms with Gasteiger partial charge >= 0.3 is 0 Å². The van der Waals surface area contributed by atoms with Crippen molar-refractivity contribution in [3.63, 3.8) is 0 Å². The van der Waals surface area contributed by atoms with Crippen LogP contribution in [0.4, 0.5) is 5.69 Å². The average Bonchev–Trinajstić information content (AvgIpc) is 2.69. The number of piperazine rings is 1. The topological polar surface area (TPSA) is 94.1 Å². The van der Waals surface area contributed by atoms with Crippen molar-refractivity contribution in [3.05, 3.63) is 30.3 Å². The third-order valence-corrected chi connectivity index (χ3v) is 5.67. The van der Waals surface area contributed by atoms with Gasteiger partial charge in [0.05, 0.1) is 12.3 Å². The molecule has 0 saturated carbocycles. The van der Waals surface area contributed by atoms with Crippen LogP contribution >= 0.6 is 0 Å². The predicted octanol–water partition coefficient (Wildman–Crippen LogP) is 0.323. The summed E-state index contributed by atoms with van der Waals surface area (Å²) in [4.78, 5) is 20.7. The smallest absolute Gasteiger partial charge is 0.242 e. The normalized spacial score (nSPS) is 16.6. The number of hydrogen-bond donors (Lipinski definition) is 2. The highest BCUT2D eigenvalue weighted by Crippen LogP contribution is 2.15. The van der Waals surface area contributed by atoms with Crippen LogP contribution < -0.4 is 15.5 Å². The Hall–Kier alpha value is -2.29. The maximum atomic E-state index is 12.5. The SMILES string of the molecule is CN=C(NCC(=O)N1CCN(c2ccccc2)CC1)NC(C)CCS(C)(=O)=O. The minimum Gasteiger partial charge on any atom is -0.368 e. The maximum Gasteiger partial charge on any atom is 0.242 e. The number of anilines is 1. The van der Waals surface area contributed by atoms with Crippen LogP contribution in [0, 0.1) is 0 Å². The van der Waals surface area contributed by atoms with Gasteiger partial charge in [0.1, 0.15) is 9.84 Å². The van der Waals surface area contributed by atoms with Gasteiger partial charge in [-0.1, -0.05) is 18.2 Å². The van der Waals surface area contributed by atoms with Crippen LogP contribution in [0.3, 0.4) is 0 Å². The molecule has 1 atom stereocenters. The number of aliphatic imine (C=N–C) groups is 1. The lowest BCUT2D eigenvalue weighted by atomic mass is 10.2. The van der Waals surface area contributed by atoms with E-state index in [1.165, 1.54) is 11.9 Å². The van der Waals surface area contributed by atoms with E-state index in [0.29, 0.717) is 25.5 Å². The summed E-state index contributed by atoms with van der Waals surface area (Å²) in [5.74, 6) is 0.639. The van der Waals surface area contributed by atoms with Crippen LogP contribution in [0.15, 0.2) is 35.3 Å². The van der Waals surface area contributed by atoms with Crippen LogP contribution in [0.1, 0.15) is 13.3 Å². The molecule has 0 aromatic heterocycles. The lowest BCUT2D eigenvalue weighted by Crippen LogP contribution is -2.52. The van der Waals surface area contributed by atoms with Crippen LogP contribution in [0.5, 0.6) is 0 Å². The molecule has 1 aromatic carbocycles. The number of benzene rings is 1. The third kappa shape index (κ3) is 7.38. The summed E-state index contributed by atoms with van der Waals surface area (Å²) in [6, 6.07) is 10.1. The zero-order valence-electron chi connectivity index (χ0n) is 16.9. The minimum atomic E-state index is -2.99. The van der Waals surface area contributed by atoms with Gasteiger partial charge in [0.15, 0.2) is 5.96 Å². The minimum absolute atomic E-state index is 0.0273. The Morgan fingerprint density at radius 3 is 2.39 bits per heavy atom. The summed E-state index contributed by atoms with van der Waals surface area (Å²) >= 11 is 0. The van der Waals surface area contributed by atoms with Crippen molar-refractivity contribution in [1.29, 1.82) is 0 Å². The van der Waals surface area contributed by atoms with Crippen molar-refractivity contribution in [1.82, 2.24) is 15.5 Å². The van der Waals surface area contributed by atoms with Gasteiger partial charge < -0.3 is 20.4 Å². The highest BCUT2D eigenvalue weighted by molar-refractivity contribution is 7.90. The second-order valence-corrected chi connectivity index (χ2v) is 9.35. The van der Waals surface area contributed by atoms with E-state index in [9.17, 15) is 13.2 Å². The first-order valence-corrected chi connectivity index (χ1v) is 11.6. The highest BCUT2D eigenvalue weighted by atomic mass is 32.2. The molecule has 1 amide bonds. The summed E-state index contributed by atoms with van der Waals surface area (Å²) in [5, 5.41) is 6.14. The zero-order valence-corrected chi connectivity index (χ0v) is 17.7. The first-order valence-electron chi connectivity index (χ1n) is 9.51. The Bertz CT molecular complexity index is 759. The van der Waals surface area contributed by atoms with Crippen LogP contribution in [-0.4, -0.2) is 83.0 Å². The lowest BCUT2D eigenvalue weighted by Gasteiger charge is -2.36. The summed E-state index contributed by atoms with van der Waals surface area (Å²) in [7, 11) is -1.36. The second-order valence-electron chi connectivity index (χ2n) is 7.09. The molecule has 2 N–H and O–H groups in total. The van der Waals surface area contributed by atoms with E-state index in [-0.39, 0.29) is 24.2 Å². The van der Waals surface area contributed by atoms with Crippen LogP contribution in [-0.2, 0) is 14.6 Å². The summed E-state index contributed by atoms with van der Waals surface area (Å²) in [5.41, 5.74) is 1.18. The summed E-state index contributed by atoms with van der Waals surface area (Å²) in [6.07, 6.45) is 1.71. The van der Waals surface area contributed by atoms with Crippen molar-refractivity contribution < 1.29 is 13.2 Å². The Morgan fingerprint density at radius 2 is 1.82 bits per heavy atom. The van der Waals surface area contributed by atoms with E-state index in [1.807, 2.05) is 30.0 Å². The van der Waals surface area contributed by atoms with Crippen molar-refractivity contribution in [2.45, 2.75) is 19.4 Å². The van der Waals surface area contributed by atoms with E-state index < -0.39 is 9.84 Å². The van der Waals surface area contributed by atoms with Gasteiger partial charge in [-0.25, -0.2) is 8.42 Å². The first kappa shape index (κ1) is 22.0. The molecule has 0 bridgehead atoms. The maximum absolute atomic E-state index is 12.5. The number of carbonyl (C=O) groups is 1. The fourth-order valence-electron chi connectivity index (χ4n) is 3.02. The van der Waals surface area contributed by atoms with Crippen molar-refractivity contribution in [3.8, 4) is 0 Å². The molecule has 0 aliphatic carbocycles. The lowest BCUT2D eigenvalue weighted by molar-refractivity contribution is -0.130. The Balaban J connectivity index is 1.73. The number of guanidine groups is 1. The standard InChI is InChI=1S/C19H31N5O3S/c1-16(9-14-28(3,26)27)22-19(20-2)21-15-18(25)24-12-10-23(11-13-24)17-7-5-4-6-8-17/h4-8,16H,9-15H2,1-3H3,(H2,20,21,22). The van der Waals surface area contributed by atoms with Gasteiger partial charge in [-0.2, -0.15) is 0 Å². The van der Waals surface area contributed by atoms with Gasteiger partial charge in [-0.15, -0.1) is 0 Å². The highest BCUT2D eigenvalue weighted by Gasteiger charge is 2.21. The zero-order chi connectivity index (χ0) is 20.6. The Kier molecular flexibility index (Phi) is 8.10. The number of nitrogens with one attached hydrogen (secondary N) is 2. The van der Waals surface area contributed by atoms with Gasteiger partial charge in [-0.3, -0.25) is 9.79 Å². The molecule has 9 heteroatoms. The number of para-hydroxylation sites is 1. The number of carbonyl (C=O) groups excluding carboxylic acids is 1. The molecule has 8 nitrogen and oxygen atoms in total. The molecule has 2 rings (SSSR count).